The van der Waals surface area contributed by atoms with Gasteiger partial charge in [0.25, 0.3) is 0 Å². The number of benzene rings is 1. The maximum absolute atomic E-state index is 11.2. The van der Waals surface area contributed by atoms with Gasteiger partial charge in [0, 0.05) is 5.02 Å². The van der Waals surface area contributed by atoms with E-state index < -0.39 is 5.41 Å². The van der Waals surface area contributed by atoms with E-state index in [2.05, 4.69) is 0 Å². The van der Waals surface area contributed by atoms with Crippen molar-refractivity contribution in [2.24, 2.45) is 5.73 Å². The first kappa shape index (κ1) is 8.57. The van der Waals surface area contributed by atoms with E-state index in [1.807, 2.05) is 18.2 Å². The maximum atomic E-state index is 11.2. The molecule has 2 nitrogen and oxygen atoms in total. The molecule has 2 N–H and O–H groups in total. The van der Waals surface area contributed by atoms with E-state index in [1.54, 1.807) is 6.07 Å². The van der Waals surface area contributed by atoms with Gasteiger partial charge in [-0.1, -0.05) is 23.7 Å². The molecule has 0 aliphatic heterocycles. The average Bonchev–Trinajstić information content (AvgIpc) is 2.83. The number of rotatable bonds is 2. The third kappa shape index (κ3) is 1.31. The van der Waals surface area contributed by atoms with Crippen LogP contribution in [0.2, 0.25) is 5.02 Å². The summed E-state index contributed by atoms with van der Waals surface area (Å²) in [5.74, 6) is -0.241. The molecule has 0 bridgehead atoms. The summed E-state index contributed by atoms with van der Waals surface area (Å²) in [6.45, 7) is 0. The van der Waals surface area contributed by atoms with Crippen molar-refractivity contribution >= 4 is 17.5 Å². The third-order valence-corrected chi connectivity index (χ3v) is 2.83. The summed E-state index contributed by atoms with van der Waals surface area (Å²) >= 11 is 5.83. The van der Waals surface area contributed by atoms with Gasteiger partial charge in [-0.3, -0.25) is 4.79 Å². The van der Waals surface area contributed by atoms with Crippen LogP contribution in [0.3, 0.4) is 0 Å². The van der Waals surface area contributed by atoms with Crippen molar-refractivity contribution in [2.75, 3.05) is 0 Å². The first-order valence-corrected chi connectivity index (χ1v) is 4.59. The van der Waals surface area contributed by atoms with Crippen molar-refractivity contribution in [2.45, 2.75) is 18.3 Å². The monoisotopic (exact) mass is 195 g/mol. The van der Waals surface area contributed by atoms with E-state index in [0.717, 1.165) is 18.4 Å². The van der Waals surface area contributed by atoms with E-state index in [-0.39, 0.29) is 5.91 Å². The molecule has 0 atom stereocenters. The van der Waals surface area contributed by atoms with Crippen molar-refractivity contribution < 1.29 is 4.79 Å². The van der Waals surface area contributed by atoms with Crippen LogP contribution < -0.4 is 5.73 Å². The Hall–Kier alpha value is -1.02. The summed E-state index contributed by atoms with van der Waals surface area (Å²) in [7, 11) is 0. The predicted octanol–water partition coefficient (Wildman–Crippen LogP) is 1.86. The molecule has 1 aliphatic carbocycles. The quantitative estimate of drug-likeness (QED) is 0.769. The number of hydrogen-bond acceptors (Lipinski definition) is 1. The number of halogens is 1. The minimum Gasteiger partial charge on any atom is -0.369 e. The highest BCUT2D eigenvalue weighted by Crippen LogP contribution is 2.48. The molecule has 1 fully saturated rings. The van der Waals surface area contributed by atoms with Gasteiger partial charge >= 0.3 is 0 Å². The fourth-order valence-electron chi connectivity index (χ4n) is 1.59. The zero-order valence-corrected chi connectivity index (χ0v) is 7.84. The Morgan fingerprint density at radius 2 is 2.15 bits per heavy atom. The average molecular weight is 196 g/mol. The van der Waals surface area contributed by atoms with Crippen LogP contribution in [-0.2, 0) is 10.2 Å². The molecule has 1 saturated carbocycles. The van der Waals surface area contributed by atoms with Gasteiger partial charge < -0.3 is 5.73 Å². The minimum atomic E-state index is -0.412. The van der Waals surface area contributed by atoms with Crippen LogP contribution in [-0.4, -0.2) is 5.91 Å². The molecule has 2 rings (SSSR count). The van der Waals surface area contributed by atoms with Crippen LogP contribution in [0.1, 0.15) is 18.4 Å². The lowest BCUT2D eigenvalue weighted by atomic mass is 9.95. The molecule has 1 amide bonds. The Balaban J connectivity index is 2.41. The van der Waals surface area contributed by atoms with Gasteiger partial charge in [-0.05, 0) is 30.5 Å². The predicted molar refractivity (Wildman–Crippen MR) is 51.6 cm³/mol. The second kappa shape index (κ2) is 2.74. The van der Waals surface area contributed by atoms with Crippen LogP contribution in [0.15, 0.2) is 24.3 Å². The van der Waals surface area contributed by atoms with Gasteiger partial charge in [-0.25, -0.2) is 0 Å². The van der Waals surface area contributed by atoms with E-state index >= 15 is 0 Å². The molecule has 0 unspecified atom stereocenters. The van der Waals surface area contributed by atoms with Crippen molar-refractivity contribution in [1.82, 2.24) is 0 Å². The summed E-state index contributed by atoms with van der Waals surface area (Å²) in [6, 6.07) is 7.37. The zero-order valence-electron chi connectivity index (χ0n) is 7.09. The fraction of sp³-hybridized carbons (Fsp3) is 0.300. The first-order valence-electron chi connectivity index (χ1n) is 4.21. The molecule has 0 heterocycles. The Labute approximate surface area is 81.7 Å². The number of carbonyl (C=O) groups is 1. The summed E-state index contributed by atoms with van der Waals surface area (Å²) in [6.07, 6.45) is 1.70. The van der Waals surface area contributed by atoms with Crippen LogP contribution >= 0.6 is 11.6 Å². The van der Waals surface area contributed by atoms with Crippen LogP contribution in [0.5, 0.6) is 0 Å². The Morgan fingerprint density at radius 3 is 2.62 bits per heavy atom. The molecule has 1 aliphatic rings. The second-order valence-corrected chi connectivity index (χ2v) is 3.89. The van der Waals surface area contributed by atoms with Gasteiger partial charge in [0.1, 0.15) is 0 Å². The highest BCUT2D eigenvalue weighted by Gasteiger charge is 2.49. The molecular formula is C10H10ClNO. The second-order valence-electron chi connectivity index (χ2n) is 3.46. The molecule has 0 aromatic heterocycles. The van der Waals surface area contributed by atoms with Gasteiger partial charge in [-0.2, -0.15) is 0 Å². The molecule has 1 aromatic rings. The molecule has 3 heteroatoms. The standard InChI is InChI=1S/C10H10ClNO/c11-8-3-1-2-7(6-8)10(4-5-10)9(12)13/h1-3,6H,4-5H2,(H2,12,13). The molecule has 0 radical (unpaired) electrons. The van der Waals surface area contributed by atoms with Gasteiger partial charge in [0.15, 0.2) is 0 Å². The Kier molecular flexibility index (Phi) is 1.81. The zero-order chi connectivity index (χ0) is 9.47. The number of nitrogens with two attached hydrogens (primary N) is 1. The Bertz CT molecular complexity index is 358. The van der Waals surface area contributed by atoms with Crippen LogP contribution in [0.4, 0.5) is 0 Å². The van der Waals surface area contributed by atoms with Crippen molar-refractivity contribution in [3.8, 4) is 0 Å². The lowest BCUT2D eigenvalue weighted by molar-refractivity contribution is -0.120. The molecular weight excluding hydrogens is 186 g/mol. The van der Waals surface area contributed by atoms with Gasteiger partial charge in [-0.15, -0.1) is 0 Å². The highest BCUT2D eigenvalue weighted by molar-refractivity contribution is 6.30. The summed E-state index contributed by atoms with van der Waals surface area (Å²) in [5, 5.41) is 0.657. The normalized spacial score (nSPS) is 18.2. The topological polar surface area (TPSA) is 43.1 Å². The van der Waals surface area contributed by atoms with Crippen LogP contribution in [0.25, 0.3) is 0 Å². The smallest absolute Gasteiger partial charge is 0.228 e. The molecule has 68 valence electrons. The van der Waals surface area contributed by atoms with Gasteiger partial charge in [0.05, 0.1) is 5.41 Å². The van der Waals surface area contributed by atoms with E-state index in [1.165, 1.54) is 0 Å². The van der Waals surface area contributed by atoms with Crippen molar-refractivity contribution in [3.05, 3.63) is 34.9 Å². The molecule has 13 heavy (non-hydrogen) atoms. The van der Waals surface area contributed by atoms with Gasteiger partial charge in [0.2, 0.25) is 5.91 Å². The van der Waals surface area contributed by atoms with E-state index in [0.29, 0.717) is 5.02 Å². The number of carbonyl (C=O) groups excluding carboxylic acids is 1. The van der Waals surface area contributed by atoms with E-state index in [4.69, 9.17) is 17.3 Å². The molecule has 0 saturated heterocycles. The third-order valence-electron chi connectivity index (χ3n) is 2.60. The van der Waals surface area contributed by atoms with Crippen molar-refractivity contribution in [1.29, 1.82) is 0 Å². The van der Waals surface area contributed by atoms with Crippen molar-refractivity contribution in [3.63, 3.8) is 0 Å². The number of primary amides is 1. The fourth-order valence-corrected chi connectivity index (χ4v) is 1.78. The number of amides is 1. The maximum Gasteiger partial charge on any atom is 0.228 e. The highest BCUT2D eigenvalue weighted by atomic mass is 35.5. The SMILES string of the molecule is NC(=O)C1(c2cccc(Cl)c2)CC1. The van der Waals surface area contributed by atoms with E-state index in [9.17, 15) is 4.79 Å². The number of hydrogen-bond donors (Lipinski definition) is 1. The molecule has 1 aromatic carbocycles. The summed E-state index contributed by atoms with van der Waals surface area (Å²) in [5.41, 5.74) is 5.87. The summed E-state index contributed by atoms with van der Waals surface area (Å²) in [4.78, 5) is 11.2. The Morgan fingerprint density at radius 1 is 1.46 bits per heavy atom. The van der Waals surface area contributed by atoms with Crippen LogP contribution in [0, 0.1) is 0 Å². The lowest BCUT2D eigenvalue weighted by Gasteiger charge is -2.10. The largest absolute Gasteiger partial charge is 0.369 e. The minimum absolute atomic E-state index is 0.241. The summed E-state index contributed by atoms with van der Waals surface area (Å²) < 4.78 is 0. The first-order chi connectivity index (χ1) is 6.15. The molecule has 0 spiro atoms. The lowest BCUT2D eigenvalue weighted by Crippen LogP contribution is -2.28.